The van der Waals surface area contributed by atoms with Gasteiger partial charge in [0, 0.05) is 6.54 Å². The van der Waals surface area contributed by atoms with Gasteiger partial charge in [-0.25, -0.2) is 4.39 Å². The molecule has 1 amide bonds. The van der Waals surface area contributed by atoms with Crippen LogP contribution in [0, 0.1) is 5.82 Å². The van der Waals surface area contributed by atoms with Crippen LogP contribution in [0.2, 0.25) is 0 Å². The van der Waals surface area contributed by atoms with Gasteiger partial charge in [0.1, 0.15) is 5.82 Å². The van der Waals surface area contributed by atoms with Gasteiger partial charge in [0.25, 0.3) is 5.91 Å². The van der Waals surface area contributed by atoms with Crippen molar-refractivity contribution in [3.8, 4) is 0 Å². The number of carbonyl (C=O) groups is 1. The molecule has 0 saturated heterocycles. The summed E-state index contributed by atoms with van der Waals surface area (Å²) in [5, 5.41) is 2.61. The van der Waals surface area contributed by atoms with Gasteiger partial charge in [0.05, 0.1) is 11.3 Å². The van der Waals surface area contributed by atoms with Crippen molar-refractivity contribution >= 4 is 11.6 Å². The molecule has 0 aliphatic heterocycles. The van der Waals surface area contributed by atoms with Crippen molar-refractivity contribution < 1.29 is 9.18 Å². The fraction of sp³-hybridized carbons (Fsp3) is 0.182. The molecule has 15 heavy (non-hydrogen) atoms. The van der Waals surface area contributed by atoms with Gasteiger partial charge in [0.15, 0.2) is 0 Å². The van der Waals surface area contributed by atoms with Crippen molar-refractivity contribution in [2.24, 2.45) is 0 Å². The number of benzene rings is 1. The van der Waals surface area contributed by atoms with Crippen LogP contribution >= 0.6 is 0 Å². The Bertz CT molecular complexity index is 377. The molecule has 4 heteroatoms. The molecule has 0 fully saturated rings. The molecular formula is C11H13FN2O. The lowest BCUT2D eigenvalue weighted by molar-refractivity contribution is 0.0955. The highest BCUT2D eigenvalue weighted by atomic mass is 19.1. The van der Waals surface area contributed by atoms with Crippen LogP contribution in [0.5, 0.6) is 0 Å². The van der Waals surface area contributed by atoms with Gasteiger partial charge < -0.3 is 11.1 Å². The summed E-state index contributed by atoms with van der Waals surface area (Å²) in [5.41, 5.74) is 5.48. The van der Waals surface area contributed by atoms with Crippen LogP contribution in [0.15, 0.2) is 30.9 Å². The summed E-state index contributed by atoms with van der Waals surface area (Å²) in [6, 6.07) is 4.16. The summed E-state index contributed by atoms with van der Waals surface area (Å²) in [4.78, 5) is 11.5. The Morgan fingerprint density at radius 2 is 2.33 bits per heavy atom. The van der Waals surface area contributed by atoms with E-state index in [1.54, 1.807) is 6.08 Å². The molecule has 0 aliphatic carbocycles. The Morgan fingerprint density at radius 3 is 3.00 bits per heavy atom. The zero-order chi connectivity index (χ0) is 11.3. The SMILES string of the molecule is C=CCCNC(=O)c1cccc(F)c1N. The van der Waals surface area contributed by atoms with Crippen molar-refractivity contribution in [2.75, 3.05) is 12.3 Å². The molecule has 3 N–H and O–H groups in total. The lowest BCUT2D eigenvalue weighted by Gasteiger charge is -2.06. The monoisotopic (exact) mass is 208 g/mol. The van der Waals surface area contributed by atoms with E-state index in [1.165, 1.54) is 18.2 Å². The van der Waals surface area contributed by atoms with E-state index >= 15 is 0 Å². The van der Waals surface area contributed by atoms with Gasteiger partial charge >= 0.3 is 0 Å². The smallest absolute Gasteiger partial charge is 0.253 e. The fourth-order valence-corrected chi connectivity index (χ4v) is 1.12. The molecule has 0 heterocycles. The highest BCUT2D eigenvalue weighted by Gasteiger charge is 2.11. The molecular weight excluding hydrogens is 195 g/mol. The first-order valence-electron chi connectivity index (χ1n) is 4.60. The van der Waals surface area contributed by atoms with Crippen molar-refractivity contribution in [3.05, 3.63) is 42.2 Å². The summed E-state index contributed by atoms with van der Waals surface area (Å²) < 4.78 is 13.0. The van der Waals surface area contributed by atoms with Crippen molar-refractivity contribution in [3.63, 3.8) is 0 Å². The van der Waals surface area contributed by atoms with Crippen LogP contribution in [0.1, 0.15) is 16.8 Å². The average Bonchev–Trinajstić information content (AvgIpc) is 2.22. The number of rotatable bonds is 4. The average molecular weight is 208 g/mol. The fourth-order valence-electron chi connectivity index (χ4n) is 1.12. The molecule has 80 valence electrons. The highest BCUT2D eigenvalue weighted by molar-refractivity contribution is 5.99. The normalized spacial score (nSPS) is 9.67. The number of nitrogens with two attached hydrogens (primary N) is 1. The van der Waals surface area contributed by atoms with Gasteiger partial charge in [-0.2, -0.15) is 0 Å². The Hall–Kier alpha value is -1.84. The van der Waals surface area contributed by atoms with E-state index in [-0.39, 0.29) is 17.2 Å². The summed E-state index contributed by atoms with van der Waals surface area (Å²) in [6.07, 6.45) is 2.36. The summed E-state index contributed by atoms with van der Waals surface area (Å²) >= 11 is 0. The second-order valence-corrected chi connectivity index (χ2v) is 3.03. The molecule has 0 atom stereocenters. The number of anilines is 1. The maximum absolute atomic E-state index is 13.0. The first-order valence-corrected chi connectivity index (χ1v) is 4.60. The number of nitrogen functional groups attached to an aromatic ring is 1. The third kappa shape index (κ3) is 2.80. The Morgan fingerprint density at radius 1 is 1.60 bits per heavy atom. The number of nitrogens with one attached hydrogen (secondary N) is 1. The van der Waals surface area contributed by atoms with Crippen LogP contribution < -0.4 is 11.1 Å². The van der Waals surface area contributed by atoms with E-state index in [2.05, 4.69) is 11.9 Å². The predicted octanol–water partition coefficient (Wildman–Crippen LogP) is 1.71. The maximum atomic E-state index is 13.0. The number of hydrogen-bond donors (Lipinski definition) is 2. The van der Waals surface area contributed by atoms with Crippen molar-refractivity contribution in [2.45, 2.75) is 6.42 Å². The summed E-state index contributed by atoms with van der Waals surface area (Å²) in [5.74, 6) is -0.944. The maximum Gasteiger partial charge on any atom is 0.253 e. The number of para-hydroxylation sites is 1. The van der Waals surface area contributed by atoms with Gasteiger partial charge in [0.2, 0.25) is 0 Å². The third-order valence-corrected chi connectivity index (χ3v) is 1.93. The van der Waals surface area contributed by atoms with Gasteiger partial charge in [-0.3, -0.25) is 4.79 Å². The molecule has 0 aliphatic rings. The number of halogens is 1. The van der Waals surface area contributed by atoms with Crippen LogP contribution in [0.4, 0.5) is 10.1 Å². The quantitative estimate of drug-likeness (QED) is 0.449. The Labute approximate surface area is 87.8 Å². The molecule has 0 aromatic heterocycles. The minimum atomic E-state index is -0.577. The Balaban J connectivity index is 2.73. The highest BCUT2D eigenvalue weighted by Crippen LogP contribution is 2.15. The van der Waals surface area contributed by atoms with Gasteiger partial charge in [-0.15, -0.1) is 6.58 Å². The van der Waals surface area contributed by atoms with Crippen LogP contribution in [0.3, 0.4) is 0 Å². The first kappa shape index (κ1) is 11.2. The summed E-state index contributed by atoms with van der Waals surface area (Å²) in [7, 11) is 0. The molecule has 0 radical (unpaired) electrons. The zero-order valence-electron chi connectivity index (χ0n) is 8.29. The van der Waals surface area contributed by atoms with Crippen LogP contribution in [0.25, 0.3) is 0 Å². The van der Waals surface area contributed by atoms with E-state index in [1.807, 2.05) is 0 Å². The van der Waals surface area contributed by atoms with Crippen LogP contribution in [-0.4, -0.2) is 12.5 Å². The Kier molecular flexibility index (Phi) is 3.85. The molecule has 1 aromatic carbocycles. The van der Waals surface area contributed by atoms with Crippen molar-refractivity contribution in [1.29, 1.82) is 0 Å². The van der Waals surface area contributed by atoms with E-state index in [0.29, 0.717) is 13.0 Å². The van der Waals surface area contributed by atoms with E-state index in [0.717, 1.165) is 0 Å². The first-order chi connectivity index (χ1) is 7.16. The topological polar surface area (TPSA) is 55.1 Å². The molecule has 0 unspecified atom stereocenters. The molecule has 0 saturated carbocycles. The van der Waals surface area contributed by atoms with Gasteiger partial charge in [-0.1, -0.05) is 12.1 Å². The van der Waals surface area contributed by atoms with Gasteiger partial charge in [-0.05, 0) is 18.6 Å². The predicted molar refractivity (Wildman–Crippen MR) is 58.0 cm³/mol. The molecule has 1 rings (SSSR count). The number of carbonyl (C=O) groups excluding carboxylic acids is 1. The number of amides is 1. The second-order valence-electron chi connectivity index (χ2n) is 3.03. The number of hydrogen-bond acceptors (Lipinski definition) is 2. The third-order valence-electron chi connectivity index (χ3n) is 1.93. The minimum absolute atomic E-state index is 0.117. The molecule has 1 aromatic rings. The van der Waals surface area contributed by atoms with E-state index in [4.69, 9.17) is 5.73 Å². The lowest BCUT2D eigenvalue weighted by Crippen LogP contribution is -2.25. The zero-order valence-corrected chi connectivity index (χ0v) is 8.29. The summed E-state index contributed by atoms with van der Waals surface area (Å²) in [6.45, 7) is 4.00. The van der Waals surface area contributed by atoms with Crippen LogP contribution in [-0.2, 0) is 0 Å². The minimum Gasteiger partial charge on any atom is -0.396 e. The molecule has 0 spiro atoms. The molecule has 0 bridgehead atoms. The van der Waals surface area contributed by atoms with E-state index in [9.17, 15) is 9.18 Å². The van der Waals surface area contributed by atoms with Crippen molar-refractivity contribution in [1.82, 2.24) is 5.32 Å². The molecule has 3 nitrogen and oxygen atoms in total. The van der Waals surface area contributed by atoms with E-state index < -0.39 is 5.82 Å². The standard InChI is InChI=1S/C11H13FN2O/c1-2-3-7-14-11(15)8-5-4-6-9(12)10(8)13/h2,4-6H,1,3,7,13H2,(H,14,15). The lowest BCUT2D eigenvalue weighted by atomic mass is 10.1. The largest absolute Gasteiger partial charge is 0.396 e. The second kappa shape index (κ2) is 5.14.